The van der Waals surface area contributed by atoms with E-state index in [4.69, 9.17) is 4.74 Å². The number of hydrogen-bond acceptors (Lipinski definition) is 4. The SMILES string of the molecule is CCCOc1cccnc1NC1CCCCNC1. The summed E-state index contributed by atoms with van der Waals surface area (Å²) >= 11 is 0. The Kier molecular flexibility index (Phi) is 5.27. The molecule has 0 radical (unpaired) electrons. The quantitative estimate of drug-likeness (QED) is 0.841. The molecule has 2 N–H and O–H groups in total. The molecule has 1 saturated heterocycles. The molecule has 2 heterocycles. The van der Waals surface area contributed by atoms with E-state index < -0.39 is 0 Å². The summed E-state index contributed by atoms with van der Waals surface area (Å²) in [6, 6.07) is 4.35. The highest BCUT2D eigenvalue weighted by molar-refractivity contribution is 5.50. The van der Waals surface area contributed by atoms with Crippen LogP contribution in [0.3, 0.4) is 0 Å². The second-order valence-corrected chi connectivity index (χ2v) is 4.74. The summed E-state index contributed by atoms with van der Waals surface area (Å²) in [4.78, 5) is 4.39. The van der Waals surface area contributed by atoms with Crippen LogP contribution in [-0.4, -0.2) is 30.7 Å². The molecule has 2 rings (SSSR count). The van der Waals surface area contributed by atoms with E-state index in [1.165, 1.54) is 19.3 Å². The number of aromatic nitrogens is 1. The van der Waals surface area contributed by atoms with Gasteiger partial charge in [-0.3, -0.25) is 0 Å². The van der Waals surface area contributed by atoms with E-state index in [-0.39, 0.29) is 0 Å². The lowest BCUT2D eigenvalue weighted by Gasteiger charge is -2.19. The lowest BCUT2D eigenvalue weighted by atomic mass is 10.1. The summed E-state index contributed by atoms with van der Waals surface area (Å²) in [5.74, 6) is 1.74. The maximum absolute atomic E-state index is 5.71. The minimum Gasteiger partial charge on any atom is -0.490 e. The number of hydrogen-bond donors (Lipinski definition) is 2. The molecule has 0 saturated carbocycles. The fourth-order valence-corrected chi connectivity index (χ4v) is 2.16. The predicted molar refractivity (Wildman–Crippen MR) is 74.2 cm³/mol. The largest absolute Gasteiger partial charge is 0.490 e. The molecule has 4 heteroatoms. The Balaban J connectivity index is 1.98. The van der Waals surface area contributed by atoms with E-state index in [0.717, 1.165) is 37.7 Å². The smallest absolute Gasteiger partial charge is 0.169 e. The fraction of sp³-hybridized carbons (Fsp3) is 0.643. The monoisotopic (exact) mass is 249 g/mol. The van der Waals surface area contributed by atoms with Gasteiger partial charge in [0.25, 0.3) is 0 Å². The second-order valence-electron chi connectivity index (χ2n) is 4.74. The molecule has 0 aromatic carbocycles. The molecule has 1 aromatic heterocycles. The molecule has 0 amide bonds. The molecule has 1 aromatic rings. The summed E-state index contributed by atoms with van der Waals surface area (Å²) in [5, 5.41) is 6.95. The summed E-state index contributed by atoms with van der Waals surface area (Å²) in [5.41, 5.74) is 0. The van der Waals surface area contributed by atoms with Gasteiger partial charge in [0.2, 0.25) is 0 Å². The summed E-state index contributed by atoms with van der Waals surface area (Å²) in [7, 11) is 0. The lowest BCUT2D eigenvalue weighted by molar-refractivity contribution is 0.317. The van der Waals surface area contributed by atoms with Crippen LogP contribution in [0.15, 0.2) is 18.3 Å². The zero-order chi connectivity index (χ0) is 12.6. The molecular weight excluding hydrogens is 226 g/mol. The van der Waals surface area contributed by atoms with E-state index in [1.807, 2.05) is 18.3 Å². The van der Waals surface area contributed by atoms with Gasteiger partial charge in [-0.1, -0.05) is 13.3 Å². The van der Waals surface area contributed by atoms with E-state index in [0.29, 0.717) is 6.04 Å². The second kappa shape index (κ2) is 7.21. The Morgan fingerprint density at radius 3 is 3.33 bits per heavy atom. The van der Waals surface area contributed by atoms with E-state index >= 15 is 0 Å². The van der Waals surface area contributed by atoms with E-state index in [2.05, 4.69) is 22.5 Å². The zero-order valence-corrected chi connectivity index (χ0v) is 11.1. The third-order valence-electron chi connectivity index (χ3n) is 3.12. The number of rotatable bonds is 5. The maximum Gasteiger partial charge on any atom is 0.169 e. The van der Waals surface area contributed by atoms with Crippen molar-refractivity contribution in [1.82, 2.24) is 10.3 Å². The Labute approximate surface area is 109 Å². The Bertz CT molecular complexity index is 349. The van der Waals surface area contributed by atoms with Crippen LogP contribution >= 0.6 is 0 Å². The molecule has 0 spiro atoms. The Hall–Kier alpha value is -1.29. The third-order valence-corrected chi connectivity index (χ3v) is 3.12. The highest BCUT2D eigenvalue weighted by atomic mass is 16.5. The van der Waals surface area contributed by atoms with Crippen molar-refractivity contribution < 1.29 is 4.74 Å². The molecule has 1 aliphatic heterocycles. The number of ether oxygens (including phenoxy) is 1. The lowest BCUT2D eigenvalue weighted by Crippen LogP contribution is -2.31. The molecule has 1 atom stereocenters. The Morgan fingerprint density at radius 1 is 1.50 bits per heavy atom. The molecule has 1 unspecified atom stereocenters. The van der Waals surface area contributed by atoms with Crippen LogP contribution in [0.25, 0.3) is 0 Å². The van der Waals surface area contributed by atoms with E-state index in [1.54, 1.807) is 0 Å². The molecule has 0 aliphatic carbocycles. The molecule has 1 fully saturated rings. The van der Waals surface area contributed by atoms with Gasteiger partial charge in [-0.15, -0.1) is 0 Å². The van der Waals surface area contributed by atoms with Crippen molar-refractivity contribution in [2.24, 2.45) is 0 Å². The summed E-state index contributed by atoms with van der Waals surface area (Å²) in [6.45, 7) is 4.98. The molecule has 0 bridgehead atoms. The maximum atomic E-state index is 5.71. The molecule has 18 heavy (non-hydrogen) atoms. The first-order valence-corrected chi connectivity index (χ1v) is 6.95. The van der Waals surface area contributed by atoms with Gasteiger partial charge in [-0.05, 0) is 37.9 Å². The minimum atomic E-state index is 0.450. The van der Waals surface area contributed by atoms with Crippen LogP contribution in [0.1, 0.15) is 32.6 Å². The van der Waals surface area contributed by atoms with Gasteiger partial charge in [0.1, 0.15) is 0 Å². The number of nitrogens with zero attached hydrogens (tertiary/aromatic N) is 1. The number of nitrogens with one attached hydrogen (secondary N) is 2. The fourth-order valence-electron chi connectivity index (χ4n) is 2.16. The van der Waals surface area contributed by atoms with Gasteiger partial charge >= 0.3 is 0 Å². The summed E-state index contributed by atoms with van der Waals surface area (Å²) in [6.07, 6.45) is 6.55. The zero-order valence-electron chi connectivity index (χ0n) is 11.1. The highest BCUT2D eigenvalue weighted by Gasteiger charge is 2.14. The molecular formula is C14H23N3O. The van der Waals surface area contributed by atoms with Crippen molar-refractivity contribution in [2.45, 2.75) is 38.6 Å². The predicted octanol–water partition coefficient (Wildman–Crippen LogP) is 2.42. The average Bonchev–Trinajstić information content (AvgIpc) is 2.66. The third kappa shape index (κ3) is 3.88. The van der Waals surface area contributed by atoms with Crippen molar-refractivity contribution in [1.29, 1.82) is 0 Å². The van der Waals surface area contributed by atoms with Gasteiger partial charge in [-0.2, -0.15) is 0 Å². The molecule has 4 nitrogen and oxygen atoms in total. The van der Waals surface area contributed by atoms with Gasteiger partial charge in [0.05, 0.1) is 6.61 Å². The Morgan fingerprint density at radius 2 is 2.44 bits per heavy atom. The van der Waals surface area contributed by atoms with Crippen LogP contribution in [0.5, 0.6) is 5.75 Å². The van der Waals surface area contributed by atoms with Gasteiger partial charge in [-0.25, -0.2) is 4.98 Å². The number of pyridine rings is 1. The van der Waals surface area contributed by atoms with Gasteiger partial charge < -0.3 is 15.4 Å². The highest BCUT2D eigenvalue weighted by Crippen LogP contribution is 2.23. The first kappa shape index (κ1) is 13.1. The minimum absolute atomic E-state index is 0.450. The van der Waals surface area contributed by atoms with Crippen LogP contribution < -0.4 is 15.4 Å². The standard InChI is InChI=1S/C14H23N3O/c1-2-10-18-13-7-5-9-16-14(13)17-12-6-3-4-8-15-11-12/h5,7,9,12,15H,2-4,6,8,10-11H2,1H3,(H,16,17). The van der Waals surface area contributed by atoms with Crippen LogP contribution in [0.4, 0.5) is 5.82 Å². The molecule has 100 valence electrons. The van der Waals surface area contributed by atoms with Crippen molar-refractivity contribution in [3.8, 4) is 5.75 Å². The van der Waals surface area contributed by atoms with E-state index in [9.17, 15) is 0 Å². The average molecular weight is 249 g/mol. The topological polar surface area (TPSA) is 46.2 Å². The summed E-state index contributed by atoms with van der Waals surface area (Å²) < 4.78 is 5.71. The van der Waals surface area contributed by atoms with Crippen molar-refractivity contribution in [3.05, 3.63) is 18.3 Å². The first-order chi connectivity index (χ1) is 8.90. The van der Waals surface area contributed by atoms with Gasteiger partial charge in [0.15, 0.2) is 11.6 Å². The normalized spacial score (nSPS) is 20.2. The first-order valence-electron chi connectivity index (χ1n) is 6.95. The van der Waals surface area contributed by atoms with Crippen molar-refractivity contribution in [3.63, 3.8) is 0 Å². The van der Waals surface area contributed by atoms with Crippen molar-refractivity contribution >= 4 is 5.82 Å². The van der Waals surface area contributed by atoms with Crippen LogP contribution in [0.2, 0.25) is 0 Å². The van der Waals surface area contributed by atoms with Crippen molar-refractivity contribution in [2.75, 3.05) is 25.0 Å². The van der Waals surface area contributed by atoms with Crippen LogP contribution in [0, 0.1) is 0 Å². The number of anilines is 1. The molecule has 1 aliphatic rings. The van der Waals surface area contributed by atoms with Crippen LogP contribution in [-0.2, 0) is 0 Å². The van der Waals surface area contributed by atoms with Gasteiger partial charge in [0, 0.05) is 18.8 Å².